The second-order valence-corrected chi connectivity index (χ2v) is 7.76. The van der Waals surface area contributed by atoms with E-state index in [1.807, 2.05) is 51.1 Å². The first-order chi connectivity index (χ1) is 12.3. The molecule has 2 atom stereocenters. The number of nitrogens with one attached hydrogen (secondary N) is 2. The van der Waals surface area contributed by atoms with Gasteiger partial charge < -0.3 is 20.6 Å². The van der Waals surface area contributed by atoms with Crippen molar-refractivity contribution < 1.29 is 14.6 Å². The van der Waals surface area contributed by atoms with Gasteiger partial charge in [0.05, 0.1) is 18.7 Å². The predicted octanol–water partition coefficient (Wildman–Crippen LogP) is 3.00. The number of aliphatic hydroxyl groups excluding tert-OH is 1. The van der Waals surface area contributed by atoms with Gasteiger partial charge in [-0.15, -0.1) is 0 Å². The van der Waals surface area contributed by atoms with E-state index < -0.39 is 23.8 Å². The van der Waals surface area contributed by atoms with Gasteiger partial charge in [0.25, 0.3) is 0 Å². The second-order valence-electron chi connectivity index (χ2n) is 7.76. The number of aliphatic hydroxyl groups is 1. The van der Waals surface area contributed by atoms with Crippen LogP contribution < -0.4 is 10.7 Å². The molecule has 1 aromatic carbocycles. The standard InChI is InChI=1S/C20H31N3O3/c1-20(2,3)26-19(25)22-17(13-15-9-5-4-6-10-15)18(24)14-21-23-16-11-7-8-12-16/h4-6,9-10,17-18,21,24H,7-8,11-14H2,1-3H3,(H,22,25). The summed E-state index contributed by atoms with van der Waals surface area (Å²) in [6, 6.07) is 9.30. The van der Waals surface area contributed by atoms with E-state index >= 15 is 0 Å². The minimum atomic E-state index is -0.784. The van der Waals surface area contributed by atoms with E-state index in [9.17, 15) is 9.90 Å². The maximum Gasteiger partial charge on any atom is 0.407 e. The third-order valence-electron chi connectivity index (χ3n) is 4.18. The summed E-state index contributed by atoms with van der Waals surface area (Å²) in [7, 11) is 0. The Morgan fingerprint density at radius 2 is 1.88 bits per heavy atom. The third-order valence-corrected chi connectivity index (χ3v) is 4.18. The first-order valence-electron chi connectivity index (χ1n) is 9.33. The lowest BCUT2D eigenvalue weighted by atomic mass is 10.0. The van der Waals surface area contributed by atoms with Crippen molar-refractivity contribution in [3.63, 3.8) is 0 Å². The number of hydrogen-bond acceptors (Lipinski definition) is 5. The molecule has 0 spiro atoms. The van der Waals surface area contributed by atoms with E-state index in [1.165, 1.54) is 12.8 Å². The van der Waals surface area contributed by atoms with Crippen molar-refractivity contribution in [1.82, 2.24) is 10.7 Å². The summed E-state index contributed by atoms with van der Waals surface area (Å²) in [5.41, 5.74) is 4.56. The second kappa shape index (κ2) is 9.57. The number of carbonyl (C=O) groups is 1. The summed E-state index contributed by atoms with van der Waals surface area (Å²) >= 11 is 0. The van der Waals surface area contributed by atoms with Crippen LogP contribution in [0.1, 0.15) is 52.0 Å². The lowest BCUT2D eigenvalue weighted by molar-refractivity contribution is 0.0423. The predicted molar refractivity (Wildman–Crippen MR) is 103 cm³/mol. The van der Waals surface area contributed by atoms with Gasteiger partial charge in [0.2, 0.25) is 0 Å². The fourth-order valence-corrected chi connectivity index (χ4v) is 2.90. The molecule has 3 N–H and O–H groups in total. The van der Waals surface area contributed by atoms with Crippen molar-refractivity contribution in [2.45, 2.75) is 70.6 Å². The van der Waals surface area contributed by atoms with Crippen molar-refractivity contribution in [3.8, 4) is 0 Å². The zero-order chi connectivity index (χ0) is 19.0. The van der Waals surface area contributed by atoms with Gasteiger partial charge in [0, 0.05) is 5.71 Å². The van der Waals surface area contributed by atoms with E-state index in [2.05, 4.69) is 15.8 Å². The Labute approximate surface area is 156 Å². The highest BCUT2D eigenvalue weighted by Crippen LogP contribution is 2.14. The smallest absolute Gasteiger partial charge is 0.407 e. The number of benzene rings is 1. The SMILES string of the molecule is CC(C)(C)OC(=O)NC(Cc1ccccc1)C(O)CNN=C1CCCC1. The van der Waals surface area contributed by atoms with Crippen molar-refractivity contribution in [2.75, 3.05) is 6.54 Å². The third kappa shape index (κ3) is 7.44. The molecule has 1 saturated carbocycles. The molecule has 6 heteroatoms. The van der Waals surface area contributed by atoms with Crippen LogP contribution in [0.5, 0.6) is 0 Å². The summed E-state index contributed by atoms with van der Waals surface area (Å²) < 4.78 is 5.33. The van der Waals surface area contributed by atoms with Crippen LogP contribution in [0.25, 0.3) is 0 Å². The summed E-state index contributed by atoms with van der Waals surface area (Å²) in [5, 5.41) is 17.7. The minimum Gasteiger partial charge on any atom is -0.444 e. The number of nitrogens with zero attached hydrogens (tertiary/aromatic N) is 1. The molecule has 1 aliphatic rings. The topological polar surface area (TPSA) is 83.0 Å². The van der Waals surface area contributed by atoms with Crippen LogP contribution in [-0.4, -0.2) is 41.2 Å². The molecule has 0 aromatic heterocycles. The van der Waals surface area contributed by atoms with Gasteiger partial charge in [-0.3, -0.25) is 0 Å². The lowest BCUT2D eigenvalue weighted by Crippen LogP contribution is -2.49. The average molecular weight is 361 g/mol. The maximum absolute atomic E-state index is 12.2. The zero-order valence-electron chi connectivity index (χ0n) is 16.0. The highest BCUT2D eigenvalue weighted by molar-refractivity contribution is 5.85. The number of ether oxygens (including phenoxy) is 1. The molecule has 2 unspecified atom stereocenters. The van der Waals surface area contributed by atoms with Crippen molar-refractivity contribution >= 4 is 11.8 Å². The molecular formula is C20H31N3O3. The van der Waals surface area contributed by atoms with Gasteiger partial charge in [-0.1, -0.05) is 30.3 Å². The Bertz CT molecular complexity index is 588. The van der Waals surface area contributed by atoms with Crippen molar-refractivity contribution in [2.24, 2.45) is 5.10 Å². The molecule has 2 rings (SSSR count). The van der Waals surface area contributed by atoms with Crippen LogP contribution in [0.15, 0.2) is 35.4 Å². The number of carbonyl (C=O) groups excluding carboxylic acids is 1. The van der Waals surface area contributed by atoms with Crippen molar-refractivity contribution in [3.05, 3.63) is 35.9 Å². The Balaban J connectivity index is 1.96. The molecular weight excluding hydrogens is 330 g/mol. The molecule has 144 valence electrons. The van der Waals surface area contributed by atoms with Gasteiger partial charge >= 0.3 is 6.09 Å². The minimum absolute atomic E-state index is 0.275. The fraction of sp³-hybridized carbons (Fsp3) is 0.600. The first-order valence-corrected chi connectivity index (χ1v) is 9.33. The molecule has 0 radical (unpaired) electrons. The Morgan fingerprint density at radius 3 is 2.50 bits per heavy atom. The van der Waals surface area contributed by atoms with Gasteiger partial charge in [-0.25, -0.2) is 4.79 Å². The van der Waals surface area contributed by atoms with Gasteiger partial charge in [0.1, 0.15) is 5.60 Å². The molecule has 6 nitrogen and oxygen atoms in total. The highest BCUT2D eigenvalue weighted by Gasteiger charge is 2.25. The van der Waals surface area contributed by atoms with Gasteiger partial charge in [-0.2, -0.15) is 5.10 Å². The van der Waals surface area contributed by atoms with Crippen molar-refractivity contribution in [1.29, 1.82) is 0 Å². The normalized spacial score (nSPS) is 16.7. The van der Waals surface area contributed by atoms with Crippen LogP contribution in [0.3, 0.4) is 0 Å². The van der Waals surface area contributed by atoms with Crippen LogP contribution in [-0.2, 0) is 11.2 Å². The summed E-state index contributed by atoms with van der Waals surface area (Å²) in [5.74, 6) is 0. The zero-order valence-corrected chi connectivity index (χ0v) is 16.0. The number of hydrogen-bond donors (Lipinski definition) is 3. The number of rotatable bonds is 7. The van der Waals surface area contributed by atoms with Crippen LogP contribution in [0, 0.1) is 0 Å². The van der Waals surface area contributed by atoms with Gasteiger partial charge in [0.15, 0.2) is 0 Å². The van der Waals surface area contributed by atoms with Crippen LogP contribution in [0.4, 0.5) is 4.79 Å². The molecule has 0 aliphatic heterocycles. The van der Waals surface area contributed by atoms with E-state index in [0.29, 0.717) is 6.42 Å². The first kappa shape index (κ1) is 20.2. The Kier molecular flexibility index (Phi) is 7.45. The maximum atomic E-state index is 12.2. The largest absolute Gasteiger partial charge is 0.444 e. The average Bonchev–Trinajstić information content (AvgIpc) is 3.06. The van der Waals surface area contributed by atoms with E-state index in [4.69, 9.17) is 4.74 Å². The molecule has 1 aliphatic carbocycles. The molecule has 1 fully saturated rings. The van der Waals surface area contributed by atoms with E-state index in [1.54, 1.807) is 0 Å². The fourth-order valence-electron chi connectivity index (χ4n) is 2.90. The molecule has 0 heterocycles. The Hall–Kier alpha value is -2.08. The molecule has 26 heavy (non-hydrogen) atoms. The van der Waals surface area contributed by atoms with Crippen LogP contribution >= 0.6 is 0 Å². The quantitative estimate of drug-likeness (QED) is 0.652. The molecule has 0 saturated heterocycles. The number of alkyl carbamates (subject to hydrolysis) is 1. The van der Waals surface area contributed by atoms with E-state index in [0.717, 1.165) is 24.1 Å². The number of amides is 1. The van der Waals surface area contributed by atoms with E-state index in [-0.39, 0.29) is 6.54 Å². The monoisotopic (exact) mass is 361 g/mol. The van der Waals surface area contributed by atoms with Crippen LogP contribution in [0.2, 0.25) is 0 Å². The highest BCUT2D eigenvalue weighted by atomic mass is 16.6. The van der Waals surface area contributed by atoms with Gasteiger partial charge in [-0.05, 0) is 58.4 Å². The molecule has 1 aromatic rings. The Morgan fingerprint density at radius 1 is 1.23 bits per heavy atom. The summed E-state index contributed by atoms with van der Waals surface area (Å²) in [6.07, 6.45) is 3.60. The summed E-state index contributed by atoms with van der Waals surface area (Å²) in [6.45, 7) is 5.72. The molecule has 0 bridgehead atoms. The number of hydrazone groups is 1. The lowest BCUT2D eigenvalue weighted by Gasteiger charge is -2.26. The molecule has 1 amide bonds. The summed E-state index contributed by atoms with van der Waals surface area (Å²) in [4.78, 5) is 12.2.